The van der Waals surface area contributed by atoms with Crippen LogP contribution in [0.25, 0.3) is 0 Å². The number of carboxylic acid groups (broad SMARTS) is 1. The summed E-state index contributed by atoms with van der Waals surface area (Å²) in [7, 11) is 0. The molecule has 1 atom stereocenters. The molecule has 0 saturated carbocycles. The van der Waals surface area contributed by atoms with Crippen molar-refractivity contribution in [2.24, 2.45) is 0 Å². The third kappa shape index (κ3) is 3.72. The van der Waals surface area contributed by atoms with Crippen LogP contribution in [0, 0.1) is 0 Å². The zero-order valence-electron chi connectivity index (χ0n) is 10.2. The standard InChI is InChI=1S/C14H12ClNO2S/c1-9(14(17)18)10-6-7-16-13(8-10)19-12-4-2-11(15)3-5-12/h2-9H,1H3,(H,17,18). The maximum atomic E-state index is 11.0. The van der Waals surface area contributed by atoms with E-state index in [2.05, 4.69) is 4.98 Å². The molecule has 1 aromatic carbocycles. The quantitative estimate of drug-likeness (QED) is 0.923. The summed E-state index contributed by atoms with van der Waals surface area (Å²) < 4.78 is 0. The third-order valence-electron chi connectivity index (χ3n) is 2.67. The zero-order chi connectivity index (χ0) is 13.8. The van der Waals surface area contributed by atoms with E-state index in [1.165, 1.54) is 11.8 Å². The summed E-state index contributed by atoms with van der Waals surface area (Å²) in [5, 5.41) is 10.5. The fourth-order valence-electron chi connectivity index (χ4n) is 1.52. The van der Waals surface area contributed by atoms with E-state index in [-0.39, 0.29) is 0 Å². The van der Waals surface area contributed by atoms with Gasteiger partial charge in [0.25, 0.3) is 0 Å². The predicted molar refractivity (Wildman–Crippen MR) is 75.9 cm³/mol. The van der Waals surface area contributed by atoms with Crippen LogP contribution >= 0.6 is 23.4 Å². The van der Waals surface area contributed by atoms with Gasteiger partial charge in [0.2, 0.25) is 0 Å². The molecule has 5 heteroatoms. The molecule has 1 heterocycles. The van der Waals surface area contributed by atoms with Gasteiger partial charge in [-0.25, -0.2) is 4.98 Å². The first-order valence-corrected chi connectivity index (χ1v) is 6.88. The van der Waals surface area contributed by atoms with Crippen LogP contribution in [0.1, 0.15) is 18.4 Å². The van der Waals surface area contributed by atoms with Crippen LogP contribution in [0.2, 0.25) is 5.02 Å². The molecule has 0 spiro atoms. The predicted octanol–water partition coefficient (Wildman–Crippen LogP) is 4.07. The molecule has 0 saturated heterocycles. The average molecular weight is 294 g/mol. The van der Waals surface area contributed by atoms with Crippen molar-refractivity contribution in [3.8, 4) is 0 Å². The van der Waals surface area contributed by atoms with E-state index in [0.717, 1.165) is 15.5 Å². The monoisotopic (exact) mass is 293 g/mol. The Morgan fingerprint density at radius 2 is 2.00 bits per heavy atom. The van der Waals surface area contributed by atoms with Crippen LogP contribution in [0.4, 0.5) is 0 Å². The lowest BCUT2D eigenvalue weighted by Gasteiger charge is -2.08. The molecule has 0 aliphatic rings. The van der Waals surface area contributed by atoms with Crippen LogP contribution in [-0.4, -0.2) is 16.1 Å². The van der Waals surface area contributed by atoms with Crippen molar-refractivity contribution in [1.29, 1.82) is 0 Å². The maximum absolute atomic E-state index is 11.0. The molecule has 19 heavy (non-hydrogen) atoms. The Bertz CT molecular complexity index is 586. The summed E-state index contributed by atoms with van der Waals surface area (Å²) in [6.07, 6.45) is 1.63. The first-order valence-electron chi connectivity index (χ1n) is 5.68. The van der Waals surface area contributed by atoms with Gasteiger partial charge in [-0.3, -0.25) is 4.79 Å². The Morgan fingerprint density at radius 1 is 1.32 bits per heavy atom. The van der Waals surface area contributed by atoms with E-state index in [0.29, 0.717) is 5.02 Å². The van der Waals surface area contributed by atoms with Gasteiger partial charge >= 0.3 is 5.97 Å². The van der Waals surface area contributed by atoms with Crippen LogP contribution in [0.5, 0.6) is 0 Å². The second-order valence-electron chi connectivity index (χ2n) is 4.04. The number of rotatable bonds is 4. The number of benzene rings is 1. The van der Waals surface area contributed by atoms with E-state index in [1.807, 2.05) is 24.3 Å². The van der Waals surface area contributed by atoms with Crippen LogP contribution in [-0.2, 0) is 4.79 Å². The SMILES string of the molecule is CC(C(=O)O)c1ccnc(Sc2ccc(Cl)cc2)c1. The molecule has 1 unspecified atom stereocenters. The normalized spacial score (nSPS) is 12.1. The number of aliphatic carboxylic acids is 1. The highest BCUT2D eigenvalue weighted by molar-refractivity contribution is 7.99. The average Bonchev–Trinajstić information content (AvgIpc) is 2.41. The van der Waals surface area contributed by atoms with Gasteiger partial charge < -0.3 is 5.11 Å². The zero-order valence-corrected chi connectivity index (χ0v) is 11.8. The fourth-order valence-corrected chi connectivity index (χ4v) is 2.46. The summed E-state index contributed by atoms with van der Waals surface area (Å²) in [6, 6.07) is 11.0. The van der Waals surface area contributed by atoms with Crippen molar-refractivity contribution in [3.05, 3.63) is 53.2 Å². The number of aromatic nitrogens is 1. The maximum Gasteiger partial charge on any atom is 0.310 e. The van der Waals surface area contributed by atoms with E-state index < -0.39 is 11.9 Å². The lowest BCUT2D eigenvalue weighted by Crippen LogP contribution is -2.07. The second-order valence-corrected chi connectivity index (χ2v) is 5.57. The van der Waals surface area contributed by atoms with E-state index in [1.54, 1.807) is 25.3 Å². The minimum Gasteiger partial charge on any atom is -0.481 e. The van der Waals surface area contributed by atoms with Gasteiger partial charge in [-0.2, -0.15) is 0 Å². The van der Waals surface area contributed by atoms with Crippen molar-refractivity contribution in [1.82, 2.24) is 4.98 Å². The van der Waals surface area contributed by atoms with Gasteiger partial charge in [0.1, 0.15) is 5.03 Å². The summed E-state index contributed by atoms with van der Waals surface area (Å²) in [5.74, 6) is -1.37. The molecule has 0 aliphatic heterocycles. The molecule has 1 N–H and O–H groups in total. The minimum atomic E-state index is -0.839. The fraction of sp³-hybridized carbons (Fsp3) is 0.143. The third-order valence-corrected chi connectivity index (χ3v) is 3.86. The Balaban J connectivity index is 2.19. The minimum absolute atomic E-state index is 0.535. The van der Waals surface area contributed by atoms with E-state index in [9.17, 15) is 4.79 Å². The van der Waals surface area contributed by atoms with Crippen LogP contribution in [0.15, 0.2) is 52.5 Å². The topological polar surface area (TPSA) is 50.2 Å². The molecule has 0 aliphatic carbocycles. The Labute approximate surface area is 120 Å². The van der Waals surface area contributed by atoms with Gasteiger partial charge in [-0.1, -0.05) is 23.4 Å². The Morgan fingerprint density at radius 3 is 2.63 bits per heavy atom. The van der Waals surface area contributed by atoms with Gasteiger partial charge in [0.15, 0.2) is 0 Å². The highest BCUT2D eigenvalue weighted by Gasteiger charge is 2.14. The largest absolute Gasteiger partial charge is 0.481 e. The van der Waals surface area contributed by atoms with Crippen LogP contribution < -0.4 is 0 Å². The van der Waals surface area contributed by atoms with Gasteiger partial charge in [0, 0.05) is 16.1 Å². The van der Waals surface area contributed by atoms with Crippen molar-refractivity contribution < 1.29 is 9.90 Å². The Hall–Kier alpha value is -1.52. The Kier molecular flexibility index (Phi) is 4.45. The molecule has 0 radical (unpaired) electrons. The molecule has 0 bridgehead atoms. The first kappa shape index (κ1) is 13.9. The summed E-state index contributed by atoms with van der Waals surface area (Å²) in [6.45, 7) is 1.66. The molecule has 2 rings (SSSR count). The summed E-state index contributed by atoms with van der Waals surface area (Å²) in [4.78, 5) is 16.2. The molecule has 98 valence electrons. The summed E-state index contributed by atoms with van der Waals surface area (Å²) >= 11 is 7.30. The van der Waals surface area contributed by atoms with Gasteiger partial charge in [0.05, 0.1) is 5.92 Å². The highest BCUT2D eigenvalue weighted by atomic mass is 35.5. The van der Waals surface area contributed by atoms with Gasteiger partial charge in [-0.15, -0.1) is 0 Å². The van der Waals surface area contributed by atoms with Crippen molar-refractivity contribution in [3.63, 3.8) is 0 Å². The van der Waals surface area contributed by atoms with Crippen molar-refractivity contribution in [2.45, 2.75) is 22.8 Å². The van der Waals surface area contributed by atoms with Crippen molar-refractivity contribution >= 4 is 29.3 Å². The lowest BCUT2D eigenvalue weighted by atomic mass is 10.0. The first-order chi connectivity index (χ1) is 9.06. The number of hydrogen-bond acceptors (Lipinski definition) is 3. The molecule has 2 aromatic rings. The van der Waals surface area contributed by atoms with Crippen LogP contribution in [0.3, 0.4) is 0 Å². The number of pyridine rings is 1. The number of nitrogens with zero attached hydrogens (tertiary/aromatic N) is 1. The molecule has 0 fully saturated rings. The molecular formula is C14H12ClNO2S. The van der Waals surface area contributed by atoms with Gasteiger partial charge in [-0.05, 0) is 48.9 Å². The molecule has 0 amide bonds. The van der Waals surface area contributed by atoms with Crippen molar-refractivity contribution in [2.75, 3.05) is 0 Å². The number of carbonyl (C=O) groups is 1. The smallest absolute Gasteiger partial charge is 0.310 e. The lowest BCUT2D eigenvalue weighted by molar-refractivity contribution is -0.138. The second kappa shape index (κ2) is 6.08. The van der Waals surface area contributed by atoms with E-state index in [4.69, 9.17) is 16.7 Å². The highest BCUT2D eigenvalue weighted by Crippen LogP contribution is 2.28. The van der Waals surface area contributed by atoms with E-state index >= 15 is 0 Å². The molecular weight excluding hydrogens is 282 g/mol. The summed E-state index contributed by atoms with van der Waals surface area (Å²) in [5.41, 5.74) is 0.749. The number of carboxylic acids is 1. The number of hydrogen-bond donors (Lipinski definition) is 1. The molecule has 3 nitrogen and oxygen atoms in total. The molecule has 1 aromatic heterocycles. The number of halogens is 1.